The SMILES string of the molecule is CCCC/C=C(/C#CCCCCC)B(OC(C)C)C(C)(C)C(C)C. The average molecular weight is 332 g/mol. The number of hydrogen-bond acceptors (Lipinski definition) is 1. The second kappa shape index (κ2) is 12.7. The summed E-state index contributed by atoms with van der Waals surface area (Å²) in [5.74, 6) is 7.44. The van der Waals surface area contributed by atoms with Gasteiger partial charge in [-0.25, -0.2) is 0 Å². The molecule has 0 aromatic rings. The van der Waals surface area contributed by atoms with Gasteiger partial charge in [-0.3, -0.25) is 0 Å². The lowest BCUT2D eigenvalue weighted by molar-refractivity contribution is 0.223. The van der Waals surface area contributed by atoms with Gasteiger partial charge in [-0.05, 0) is 43.4 Å². The zero-order chi connectivity index (χ0) is 18.6. The molecule has 0 aliphatic carbocycles. The fraction of sp³-hybridized carbons (Fsp3) is 0.818. The molecule has 0 radical (unpaired) electrons. The molecule has 0 rings (SSSR count). The number of rotatable bonds is 11. The Morgan fingerprint density at radius 1 is 1.04 bits per heavy atom. The van der Waals surface area contributed by atoms with Gasteiger partial charge in [-0.2, -0.15) is 0 Å². The Labute approximate surface area is 153 Å². The summed E-state index contributed by atoms with van der Waals surface area (Å²) in [7, 11) is 0. The summed E-state index contributed by atoms with van der Waals surface area (Å²) >= 11 is 0. The Balaban J connectivity index is 5.43. The highest BCUT2D eigenvalue weighted by Crippen LogP contribution is 2.41. The first kappa shape index (κ1) is 23.3. The van der Waals surface area contributed by atoms with Crippen LogP contribution in [0.25, 0.3) is 0 Å². The summed E-state index contributed by atoms with van der Waals surface area (Å²) in [6, 6.07) is 0. The predicted molar refractivity (Wildman–Crippen MR) is 110 cm³/mol. The molecule has 0 saturated carbocycles. The number of hydrogen-bond donors (Lipinski definition) is 0. The minimum Gasteiger partial charge on any atom is -0.428 e. The van der Waals surface area contributed by atoms with E-state index < -0.39 is 0 Å². The Hall–Kier alpha value is -0.675. The molecule has 0 spiro atoms. The highest BCUT2D eigenvalue weighted by Gasteiger charge is 2.40. The standard InChI is InChI=1S/C22H41BO/c1-9-11-13-14-16-18-21(17-15-12-10-2)23(24-20(5)6)22(7,8)19(3)4/h17,19-20H,9-15H2,1-8H3/b21-17-. The minimum atomic E-state index is 0.0699. The van der Waals surface area contributed by atoms with E-state index in [4.69, 9.17) is 4.65 Å². The van der Waals surface area contributed by atoms with Crippen LogP contribution in [0.3, 0.4) is 0 Å². The molecule has 2 heteroatoms. The van der Waals surface area contributed by atoms with Crippen molar-refractivity contribution in [3.63, 3.8) is 0 Å². The molecule has 0 saturated heterocycles. The van der Waals surface area contributed by atoms with E-state index in [0.717, 1.165) is 12.8 Å². The monoisotopic (exact) mass is 332 g/mol. The molecule has 0 aromatic heterocycles. The van der Waals surface area contributed by atoms with E-state index in [9.17, 15) is 0 Å². The highest BCUT2D eigenvalue weighted by molar-refractivity contribution is 6.65. The van der Waals surface area contributed by atoms with E-state index >= 15 is 0 Å². The summed E-state index contributed by atoms with van der Waals surface area (Å²) in [6.45, 7) is 18.0. The summed E-state index contributed by atoms with van der Waals surface area (Å²) in [5.41, 5.74) is 1.20. The zero-order valence-electron chi connectivity index (χ0n) is 17.7. The molecule has 0 aromatic carbocycles. The van der Waals surface area contributed by atoms with Gasteiger partial charge in [-0.15, -0.1) is 0 Å². The first-order chi connectivity index (χ1) is 11.3. The molecule has 0 unspecified atom stereocenters. The van der Waals surface area contributed by atoms with Crippen molar-refractivity contribution in [1.82, 2.24) is 0 Å². The summed E-state index contributed by atoms with van der Waals surface area (Å²) < 4.78 is 6.38. The molecule has 0 aliphatic heterocycles. The quantitative estimate of drug-likeness (QED) is 0.223. The first-order valence-corrected chi connectivity index (χ1v) is 10.1. The van der Waals surface area contributed by atoms with Crippen LogP contribution in [0.15, 0.2) is 11.5 Å². The zero-order valence-corrected chi connectivity index (χ0v) is 17.7. The van der Waals surface area contributed by atoms with Gasteiger partial charge in [0.1, 0.15) is 0 Å². The van der Waals surface area contributed by atoms with E-state index in [1.54, 1.807) is 0 Å². The van der Waals surface area contributed by atoms with Gasteiger partial charge in [0, 0.05) is 12.5 Å². The number of unbranched alkanes of at least 4 members (excludes halogenated alkanes) is 5. The van der Waals surface area contributed by atoms with Crippen molar-refractivity contribution < 1.29 is 4.65 Å². The van der Waals surface area contributed by atoms with Crippen molar-refractivity contribution in [2.75, 3.05) is 0 Å². The van der Waals surface area contributed by atoms with Gasteiger partial charge < -0.3 is 4.65 Å². The molecule has 0 aliphatic rings. The van der Waals surface area contributed by atoms with Gasteiger partial charge in [0.25, 0.3) is 0 Å². The smallest absolute Gasteiger partial charge is 0.341 e. The fourth-order valence-corrected chi connectivity index (χ4v) is 2.54. The number of allylic oxidation sites excluding steroid dienone is 2. The second-order valence-electron chi connectivity index (χ2n) is 8.10. The lowest BCUT2D eigenvalue weighted by Gasteiger charge is -2.36. The maximum atomic E-state index is 6.38. The van der Waals surface area contributed by atoms with Crippen LogP contribution in [0.4, 0.5) is 0 Å². The van der Waals surface area contributed by atoms with Crippen molar-refractivity contribution in [3.8, 4) is 11.8 Å². The molecule has 0 heterocycles. The van der Waals surface area contributed by atoms with Gasteiger partial charge in [-0.1, -0.05) is 85.1 Å². The molecular formula is C22H41BO. The predicted octanol–water partition coefficient (Wildman–Crippen LogP) is 7.08. The van der Waals surface area contributed by atoms with Crippen LogP contribution in [0, 0.1) is 17.8 Å². The maximum Gasteiger partial charge on any atom is 0.341 e. The van der Waals surface area contributed by atoms with Gasteiger partial charge in [0.15, 0.2) is 0 Å². The van der Waals surface area contributed by atoms with Gasteiger partial charge in [0.05, 0.1) is 0 Å². The summed E-state index contributed by atoms with van der Waals surface area (Å²) in [4.78, 5) is 0. The lowest BCUT2D eigenvalue weighted by atomic mass is 9.39. The molecule has 138 valence electrons. The van der Waals surface area contributed by atoms with E-state index in [2.05, 4.69) is 73.3 Å². The van der Waals surface area contributed by atoms with Crippen molar-refractivity contribution in [2.45, 2.75) is 112 Å². The van der Waals surface area contributed by atoms with E-state index in [1.807, 2.05) is 0 Å². The average Bonchev–Trinajstić information content (AvgIpc) is 2.50. The van der Waals surface area contributed by atoms with E-state index in [-0.39, 0.29) is 18.3 Å². The molecule has 0 N–H and O–H groups in total. The highest BCUT2D eigenvalue weighted by atomic mass is 16.4. The Bertz CT molecular complexity index is 409. The molecule has 24 heavy (non-hydrogen) atoms. The van der Waals surface area contributed by atoms with Crippen LogP contribution in [0.2, 0.25) is 5.31 Å². The fourth-order valence-electron chi connectivity index (χ4n) is 2.54. The first-order valence-electron chi connectivity index (χ1n) is 10.1. The largest absolute Gasteiger partial charge is 0.428 e. The van der Waals surface area contributed by atoms with Gasteiger partial charge >= 0.3 is 6.92 Å². The minimum absolute atomic E-state index is 0.0699. The maximum absolute atomic E-state index is 6.38. The van der Waals surface area contributed by atoms with Crippen molar-refractivity contribution >= 4 is 6.92 Å². The Morgan fingerprint density at radius 2 is 1.67 bits per heavy atom. The molecule has 1 nitrogen and oxygen atoms in total. The van der Waals surface area contributed by atoms with E-state index in [1.165, 1.54) is 37.6 Å². The van der Waals surface area contributed by atoms with Crippen LogP contribution in [0.1, 0.15) is 100 Å². The summed E-state index contributed by atoms with van der Waals surface area (Å²) in [6.07, 6.45) is 10.8. The van der Waals surface area contributed by atoms with E-state index in [0.29, 0.717) is 5.92 Å². The van der Waals surface area contributed by atoms with Crippen molar-refractivity contribution in [1.29, 1.82) is 0 Å². The molecular weight excluding hydrogens is 291 g/mol. The summed E-state index contributed by atoms with van der Waals surface area (Å²) in [5, 5.41) is 0.0699. The third-order valence-electron chi connectivity index (χ3n) is 4.91. The van der Waals surface area contributed by atoms with Crippen LogP contribution in [-0.2, 0) is 4.65 Å². The lowest BCUT2D eigenvalue weighted by Crippen LogP contribution is -2.39. The van der Waals surface area contributed by atoms with Crippen LogP contribution in [0.5, 0.6) is 0 Å². The third-order valence-corrected chi connectivity index (χ3v) is 4.91. The second-order valence-corrected chi connectivity index (χ2v) is 8.10. The Morgan fingerprint density at radius 3 is 2.17 bits per heavy atom. The molecule has 0 atom stereocenters. The van der Waals surface area contributed by atoms with Crippen LogP contribution in [-0.4, -0.2) is 13.0 Å². The van der Waals surface area contributed by atoms with Gasteiger partial charge in [0.2, 0.25) is 0 Å². The third kappa shape index (κ3) is 8.98. The van der Waals surface area contributed by atoms with Crippen LogP contribution >= 0.6 is 0 Å². The van der Waals surface area contributed by atoms with Crippen molar-refractivity contribution in [2.24, 2.45) is 5.92 Å². The van der Waals surface area contributed by atoms with Crippen LogP contribution < -0.4 is 0 Å². The molecule has 0 amide bonds. The topological polar surface area (TPSA) is 9.23 Å². The Kier molecular flexibility index (Phi) is 12.3. The van der Waals surface area contributed by atoms with Crippen molar-refractivity contribution in [3.05, 3.63) is 11.5 Å². The molecule has 0 fully saturated rings. The molecule has 0 bridgehead atoms. The normalized spacial score (nSPS) is 12.5.